The van der Waals surface area contributed by atoms with Gasteiger partial charge in [-0.05, 0) is 53.6 Å². The number of nitrogens with zero attached hydrogens (tertiary/aromatic N) is 1. The molecule has 0 radical (unpaired) electrons. The fraction of sp³-hybridized carbons (Fsp3) is 0.147. The minimum Gasteiger partial charge on any atom is -0.497 e. The number of Topliss-reactive ketones (excluding diaryl/α,β-unsaturated/α-hetero) is 3. The Labute approximate surface area is 240 Å². The lowest BCUT2D eigenvalue weighted by molar-refractivity contribution is 0.0666. The fourth-order valence-electron chi connectivity index (χ4n) is 6.89. The minimum atomic E-state index is -1.51. The predicted molar refractivity (Wildman–Crippen MR) is 157 cm³/mol. The summed E-state index contributed by atoms with van der Waals surface area (Å²) in [5, 5.41) is 0. The largest absolute Gasteiger partial charge is 0.497 e. The number of carbonyl (C=O) groups excluding carboxylic acids is 3. The van der Waals surface area contributed by atoms with Gasteiger partial charge in [0.2, 0.25) is 0 Å². The quantitative estimate of drug-likeness (QED) is 0.194. The summed E-state index contributed by atoms with van der Waals surface area (Å²) in [6, 6.07) is 28.1. The Morgan fingerprint density at radius 2 is 1.45 bits per heavy atom. The van der Waals surface area contributed by atoms with Gasteiger partial charge in [-0.2, -0.15) is 0 Å². The second-order valence-corrected chi connectivity index (χ2v) is 11.3. The molecule has 4 aromatic carbocycles. The number of methoxy groups -OCH3 is 1. The summed E-state index contributed by atoms with van der Waals surface area (Å²) in [6.45, 7) is 0. The highest BCUT2D eigenvalue weighted by molar-refractivity contribution is 9.10. The van der Waals surface area contributed by atoms with Crippen LogP contribution in [-0.4, -0.2) is 36.5 Å². The Hall–Kier alpha value is -4.29. The highest BCUT2D eigenvalue weighted by Gasteiger charge is 2.71. The first-order chi connectivity index (χ1) is 19.5. The number of ether oxygens (including phenoxy) is 1. The molecular formula is C34H24BrNO4. The molecule has 6 heteroatoms. The highest BCUT2D eigenvalue weighted by Crippen LogP contribution is 2.61. The smallest absolute Gasteiger partial charge is 0.185 e. The number of anilines is 1. The van der Waals surface area contributed by atoms with E-state index in [-0.39, 0.29) is 17.3 Å². The van der Waals surface area contributed by atoms with Crippen molar-refractivity contribution < 1.29 is 19.1 Å². The van der Waals surface area contributed by atoms with Gasteiger partial charge in [0.05, 0.1) is 13.2 Å². The van der Waals surface area contributed by atoms with E-state index in [9.17, 15) is 14.4 Å². The van der Waals surface area contributed by atoms with Crippen LogP contribution < -0.4 is 9.64 Å². The van der Waals surface area contributed by atoms with E-state index in [0.29, 0.717) is 22.4 Å². The van der Waals surface area contributed by atoms with Crippen LogP contribution in [0.15, 0.2) is 108 Å². The molecule has 0 N–H and O–H groups in total. The van der Waals surface area contributed by atoms with Crippen molar-refractivity contribution in [1.82, 2.24) is 0 Å². The van der Waals surface area contributed by atoms with Crippen LogP contribution in [0.3, 0.4) is 0 Å². The van der Waals surface area contributed by atoms with Gasteiger partial charge in [0.15, 0.2) is 17.3 Å². The van der Waals surface area contributed by atoms with Crippen molar-refractivity contribution >= 4 is 45.0 Å². The predicted octanol–water partition coefficient (Wildman–Crippen LogP) is 6.77. The summed E-state index contributed by atoms with van der Waals surface area (Å²) in [5.41, 5.74) is 2.36. The monoisotopic (exact) mass is 589 g/mol. The molecule has 2 aliphatic heterocycles. The molecule has 1 fully saturated rings. The zero-order valence-corrected chi connectivity index (χ0v) is 23.2. The fourth-order valence-corrected chi connectivity index (χ4v) is 7.15. The van der Waals surface area contributed by atoms with Crippen LogP contribution in [0.4, 0.5) is 5.69 Å². The summed E-state index contributed by atoms with van der Waals surface area (Å²) in [7, 11) is 1.58. The first-order valence-electron chi connectivity index (χ1n) is 13.1. The van der Waals surface area contributed by atoms with Crippen molar-refractivity contribution in [2.45, 2.75) is 18.0 Å². The molecule has 0 amide bonds. The van der Waals surface area contributed by atoms with Gasteiger partial charge in [-0.25, -0.2) is 0 Å². The molecule has 1 aliphatic carbocycles. The molecule has 2 heterocycles. The van der Waals surface area contributed by atoms with E-state index in [1.807, 2.05) is 65.6 Å². The average molecular weight is 590 g/mol. The van der Waals surface area contributed by atoms with Gasteiger partial charge >= 0.3 is 0 Å². The Morgan fingerprint density at radius 3 is 2.10 bits per heavy atom. The Kier molecular flexibility index (Phi) is 5.65. The summed E-state index contributed by atoms with van der Waals surface area (Å²) < 4.78 is 6.20. The van der Waals surface area contributed by atoms with Crippen molar-refractivity contribution in [2.24, 2.45) is 5.41 Å². The zero-order valence-electron chi connectivity index (χ0n) is 21.6. The number of benzene rings is 4. The number of ketones is 3. The molecule has 5 nitrogen and oxygen atoms in total. The van der Waals surface area contributed by atoms with Crippen LogP contribution in [0.25, 0.3) is 6.08 Å². The Bertz CT molecular complexity index is 1690. The average Bonchev–Trinajstić information content (AvgIpc) is 3.43. The SMILES string of the molecule is COc1ccc(C(=O)[C@@H]2[C@H](c3ccc(Br)cc3)C3(C(=O)c4ccccc4C3=O)[C@H]3C=Cc4ccccc4N23)cc1. The second kappa shape index (κ2) is 9.14. The van der Waals surface area contributed by atoms with Gasteiger partial charge in [0, 0.05) is 32.8 Å². The maximum absolute atomic E-state index is 14.6. The van der Waals surface area contributed by atoms with Gasteiger partial charge in [-0.1, -0.05) is 82.7 Å². The van der Waals surface area contributed by atoms with E-state index >= 15 is 0 Å². The molecule has 0 aromatic heterocycles. The topological polar surface area (TPSA) is 63.7 Å². The molecular weight excluding hydrogens is 566 g/mol. The van der Waals surface area contributed by atoms with Crippen molar-refractivity contribution in [3.8, 4) is 5.75 Å². The molecule has 1 saturated heterocycles. The Morgan fingerprint density at radius 1 is 0.825 bits per heavy atom. The lowest BCUT2D eigenvalue weighted by Crippen LogP contribution is -2.48. The number of fused-ring (bicyclic) bond motifs is 5. The van der Waals surface area contributed by atoms with Crippen LogP contribution >= 0.6 is 15.9 Å². The van der Waals surface area contributed by atoms with Gasteiger partial charge in [-0.15, -0.1) is 0 Å². The molecule has 0 unspecified atom stereocenters. The van der Waals surface area contributed by atoms with Crippen LogP contribution in [0.5, 0.6) is 5.75 Å². The van der Waals surface area contributed by atoms with Crippen LogP contribution in [0.1, 0.15) is 48.1 Å². The third kappa shape index (κ3) is 3.29. The van der Waals surface area contributed by atoms with Crippen molar-refractivity contribution in [3.05, 3.63) is 135 Å². The first-order valence-corrected chi connectivity index (χ1v) is 13.9. The van der Waals surface area contributed by atoms with E-state index in [4.69, 9.17) is 4.74 Å². The molecule has 0 saturated carbocycles. The number of para-hydroxylation sites is 1. The number of rotatable bonds is 4. The van der Waals surface area contributed by atoms with E-state index in [1.165, 1.54) is 0 Å². The summed E-state index contributed by atoms with van der Waals surface area (Å²) in [5.74, 6) is -0.706. The van der Waals surface area contributed by atoms with Crippen LogP contribution in [0.2, 0.25) is 0 Å². The zero-order chi connectivity index (χ0) is 27.6. The van der Waals surface area contributed by atoms with E-state index in [0.717, 1.165) is 21.3 Å². The van der Waals surface area contributed by atoms with Crippen LogP contribution in [-0.2, 0) is 0 Å². The van der Waals surface area contributed by atoms with Crippen molar-refractivity contribution in [2.75, 3.05) is 12.0 Å². The molecule has 4 aromatic rings. The second-order valence-electron chi connectivity index (χ2n) is 10.4. The lowest BCUT2D eigenvalue weighted by Gasteiger charge is -2.37. The number of carbonyl (C=O) groups is 3. The van der Waals surface area contributed by atoms with Crippen molar-refractivity contribution in [1.29, 1.82) is 0 Å². The summed E-state index contributed by atoms with van der Waals surface area (Å²) >= 11 is 3.52. The lowest BCUT2D eigenvalue weighted by atomic mass is 9.64. The molecule has 0 bridgehead atoms. The molecule has 1 spiro atoms. The van der Waals surface area contributed by atoms with E-state index in [2.05, 4.69) is 15.9 Å². The molecule has 3 atom stereocenters. The molecule has 7 rings (SSSR count). The first kappa shape index (κ1) is 24.7. The van der Waals surface area contributed by atoms with E-state index < -0.39 is 23.4 Å². The normalized spacial score (nSPS) is 21.8. The number of halogens is 1. The van der Waals surface area contributed by atoms with Gasteiger partial charge in [0.25, 0.3) is 0 Å². The Balaban J connectivity index is 1.52. The van der Waals surface area contributed by atoms with Gasteiger partial charge in [0.1, 0.15) is 17.2 Å². The van der Waals surface area contributed by atoms with Crippen molar-refractivity contribution in [3.63, 3.8) is 0 Å². The van der Waals surface area contributed by atoms with Gasteiger partial charge < -0.3 is 9.64 Å². The molecule has 40 heavy (non-hydrogen) atoms. The number of hydrogen-bond donors (Lipinski definition) is 0. The highest BCUT2D eigenvalue weighted by atomic mass is 79.9. The minimum absolute atomic E-state index is 0.154. The molecule has 3 aliphatic rings. The standard InChI is InChI=1S/C34H24BrNO4/c1-40-24-17-12-22(13-18-24)31(37)30-29(21-10-15-23(35)16-11-21)34(32(38)25-7-3-4-8-26(25)33(34)39)28-19-14-20-6-2-5-9-27(20)36(28)30/h2-19,28-30H,1H3/t28-,29+,30+/m1/s1. The summed E-state index contributed by atoms with van der Waals surface area (Å²) in [6.07, 6.45) is 3.91. The van der Waals surface area contributed by atoms with Gasteiger partial charge in [-0.3, -0.25) is 14.4 Å². The third-order valence-electron chi connectivity index (χ3n) is 8.59. The summed E-state index contributed by atoms with van der Waals surface area (Å²) in [4.78, 5) is 45.9. The van der Waals surface area contributed by atoms with Crippen LogP contribution in [0, 0.1) is 5.41 Å². The maximum atomic E-state index is 14.6. The maximum Gasteiger partial charge on any atom is 0.185 e. The number of hydrogen-bond acceptors (Lipinski definition) is 5. The van der Waals surface area contributed by atoms with E-state index in [1.54, 1.807) is 55.6 Å². The third-order valence-corrected chi connectivity index (χ3v) is 9.11. The molecule has 196 valence electrons.